The zero-order valence-corrected chi connectivity index (χ0v) is 13.8. The van der Waals surface area contributed by atoms with Gasteiger partial charge in [0, 0.05) is 18.8 Å². The third-order valence-electron chi connectivity index (χ3n) is 3.84. The van der Waals surface area contributed by atoms with E-state index in [1.54, 1.807) is 0 Å². The lowest BCUT2D eigenvalue weighted by atomic mass is 10.1. The van der Waals surface area contributed by atoms with Crippen molar-refractivity contribution in [3.63, 3.8) is 0 Å². The molecule has 0 aromatic heterocycles. The third kappa shape index (κ3) is 6.48. The molecule has 0 heterocycles. The van der Waals surface area contributed by atoms with Crippen molar-refractivity contribution in [3.05, 3.63) is 60.7 Å². The average molecular weight is 283 g/mol. The fraction of sp³-hybridized carbons (Fsp3) is 0.400. The largest absolute Gasteiger partial charge is 0.372 e. The molecule has 0 N–H and O–H groups in total. The summed E-state index contributed by atoms with van der Waals surface area (Å²) >= 11 is 0. The predicted octanol–water partition coefficient (Wildman–Crippen LogP) is 5.85. The van der Waals surface area contributed by atoms with E-state index in [9.17, 15) is 0 Å². The number of nitrogens with zero attached hydrogens (tertiary/aromatic N) is 1. The minimum atomic E-state index is 0.576. The van der Waals surface area contributed by atoms with E-state index in [0.29, 0.717) is 6.04 Å². The first-order chi connectivity index (χ1) is 10.2. The maximum Gasteiger partial charge on any atom is 0.0366 e. The van der Waals surface area contributed by atoms with Crippen LogP contribution < -0.4 is 4.90 Å². The van der Waals surface area contributed by atoms with Gasteiger partial charge in [0.15, 0.2) is 0 Å². The van der Waals surface area contributed by atoms with Gasteiger partial charge in [0.25, 0.3) is 0 Å². The molecule has 0 bridgehead atoms. The molecule has 0 spiro atoms. The summed E-state index contributed by atoms with van der Waals surface area (Å²) in [5, 5.41) is 0. The van der Waals surface area contributed by atoms with E-state index in [-0.39, 0.29) is 0 Å². The molecule has 1 unspecified atom stereocenters. The molecule has 1 aromatic carbocycles. The highest BCUT2D eigenvalue weighted by atomic mass is 15.1. The van der Waals surface area contributed by atoms with E-state index in [1.807, 2.05) is 6.08 Å². The topological polar surface area (TPSA) is 3.24 Å². The van der Waals surface area contributed by atoms with Crippen molar-refractivity contribution in [2.75, 3.05) is 11.9 Å². The zero-order valence-electron chi connectivity index (χ0n) is 13.8. The quantitative estimate of drug-likeness (QED) is 0.406. The van der Waals surface area contributed by atoms with Crippen molar-refractivity contribution in [2.24, 2.45) is 0 Å². The molecule has 1 rings (SSSR count). The molecular weight excluding hydrogens is 254 g/mol. The van der Waals surface area contributed by atoms with Gasteiger partial charge in [-0.05, 0) is 50.3 Å². The van der Waals surface area contributed by atoms with Crippen LogP contribution >= 0.6 is 0 Å². The Morgan fingerprint density at radius 1 is 1.10 bits per heavy atom. The van der Waals surface area contributed by atoms with Gasteiger partial charge in [0.1, 0.15) is 0 Å². The van der Waals surface area contributed by atoms with Crippen molar-refractivity contribution >= 4 is 11.8 Å². The lowest BCUT2D eigenvalue weighted by Gasteiger charge is -2.26. The van der Waals surface area contributed by atoms with Crippen LogP contribution in [0.25, 0.3) is 6.08 Å². The molecule has 0 aliphatic carbocycles. The predicted molar refractivity (Wildman–Crippen MR) is 96.8 cm³/mol. The lowest BCUT2D eigenvalue weighted by molar-refractivity contribution is 0.664. The Morgan fingerprint density at radius 2 is 1.81 bits per heavy atom. The molecule has 0 aliphatic heterocycles. The fourth-order valence-electron chi connectivity index (χ4n) is 2.06. The molecule has 0 fully saturated rings. The van der Waals surface area contributed by atoms with E-state index >= 15 is 0 Å². The van der Waals surface area contributed by atoms with Gasteiger partial charge in [-0.1, -0.05) is 49.4 Å². The highest BCUT2D eigenvalue weighted by Gasteiger charge is 2.06. The van der Waals surface area contributed by atoms with Crippen molar-refractivity contribution in [2.45, 2.75) is 45.6 Å². The Morgan fingerprint density at radius 3 is 2.43 bits per heavy atom. The van der Waals surface area contributed by atoms with Crippen LogP contribution in [-0.2, 0) is 0 Å². The molecule has 21 heavy (non-hydrogen) atoms. The Labute approximate surface area is 130 Å². The van der Waals surface area contributed by atoms with Crippen LogP contribution in [-0.4, -0.2) is 13.1 Å². The summed E-state index contributed by atoms with van der Waals surface area (Å²) in [6, 6.07) is 9.35. The molecule has 0 saturated carbocycles. The number of unbranched alkanes of at least 4 members (excludes halogenated alkanes) is 1. The van der Waals surface area contributed by atoms with Gasteiger partial charge in [-0.15, -0.1) is 6.58 Å². The van der Waals surface area contributed by atoms with Gasteiger partial charge < -0.3 is 4.90 Å². The SMILES string of the molecule is C=CCC/C=C\C/C=C/c1ccc(N(C)C(C)CC)cc1. The van der Waals surface area contributed by atoms with Crippen LogP contribution in [0.15, 0.2) is 55.1 Å². The van der Waals surface area contributed by atoms with Gasteiger partial charge in [0.2, 0.25) is 0 Å². The number of anilines is 1. The van der Waals surface area contributed by atoms with Crippen LogP contribution in [0.1, 0.15) is 45.1 Å². The van der Waals surface area contributed by atoms with Gasteiger partial charge in [-0.2, -0.15) is 0 Å². The molecule has 1 nitrogen and oxygen atoms in total. The number of hydrogen-bond acceptors (Lipinski definition) is 1. The van der Waals surface area contributed by atoms with E-state index in [4.69, 9.17) is 0 Å². The first-order valence-corrected chi connectivity index (χ1v) is 7.94. The Hall–Kier alpha value is -1.76. The van der Waals surface area contributed by atoms with Crippen LogP contribution in [0.4, 0.5) is 5.69 Å². The van der Waals surface area contributed by atoms with Crippen molar-refractivity contribution < 1.29 is 0 Å². The number of hydrogen-bond donors (Lipinski definition) is 0. The van der Waals surface area contributed by atoms with E-state index in [0.717, 1.165) is 25.7 Å². The van der Waals surface area contributed by atoms with E-state index < -0.39 is 0 Å². The van der Waals surface area contributed by atoms with Crippen molar-refractivity contribution in [3.8, 4) is 0 Å². The molecule has 114 valence electrons. The van der Waals surface area contributed by atoms with Crippen LogP contribution in [0, 0.1) is 0 Å². The summed E-state index contributed by atoms with van der Waals surface area (Å²) < 4.78 is 0. The van der Waals surface area contributed by atoms with Crippen LogP contribution in [0.3, 0.4) is 0 Å². The highest BCUT2D eigenvalue weighted by molar-refractivity contribution is 5.56. The second kappa shape index (κ2) is 10.0. The van der Waals surface area contributed by atoms with Crippen LogP contribution in [0.2, 0.25) is 0 Å². The first-order valence-electron chi connectivity index (χ1n) is 7.94. The van der Waals surface area contributed by atoms with Crippen LogP contribution in [0.5, 0.6) is 0 Å². The summed E-state index contributed by atoms with van der Waals surface area (Å²) in [6.07, 6.45) is 15.1. The van der Waals surface area contributed by atoms with Gasteiger partial charge in [-0.25, -0.2) is 0 Å². The summed E-state index contributed by atoms with van der Waals surface area (Å²) in [7, 11) is 2.16. The van der Waals surface area contributed by atoms with E-state index in [2.05, 4.69) is 80.9 Å². The summed E-state index contributed by atoms with van der Waals surface area (Å²) in [5.41, 5.74) is 2.54. The second-order valence-corrected chi connectivity index (χ2v) is 5.44. The van der Waals surface area contributed by atoms with E-state index in [1.165, 1.54) is 11.3 Å². The summed E-state index contributed by atoms with van der Waals surface area (Å²) in [6.45, 7) is 8.20. The number of allylic oxidation sites excluding steroid dienone is 4. The maximum atomic E-state index is 3.72. The lowest BCUT2D eigenvalue weighted by Crippen LogP contribution is -2.27. The molecule has 0 saturated heterocycles. The molecular formula is C20H29N. The Balaban J connectivity index is 2.47. The third-order valence-corrected chi connectivity index (χ3v) is 3.84. The monoisotopic (exact) mass is 283 g/mol. The zero-order chi connectivity index (χ0) is 15.5. The Bertz CT molecular complexity index is 453. The number of benzene rings is 1. The van der Waals surface area contributed by atoms with Gasteiger partial charge in [0.05, 0.1) is 0 Å². The summed E-state index contributed by atoms with van der Waals surface area (Å²) in [5.74, 6) is 0. The summed E-state index contributed by atoms with van der Waals surface area (Å²) in [4.78, 5) is 2.33. The highest BCUT2D eigenvalue weighted by Crippen LogP contribution is 2.18. The maximum absolute atomic E-state index is 3.72. The van der Waals surface area contributed by atoms with Crippen molar-refractivity contribution in [1.29, 1.82) is 0 Å². The average Bonchev–Trinajstić information content (AvgIpc) is 2.53. The van der Waals surface area contributed by atoms with Gasteiger partial charge in [-0.3, -0.25) is 0 Å². The van der Waals surface area contributed by atoms with Crippen molar-refractivity contribution in [1.82, 2.24) is 0 Å². The molecule has 1 aromatic rings. The van der Waals surface area contributed by atoms with Gasteiger partial charge >= 0.3 is 0 Å². The minimum Gasteiger partial charge on any atom is -0.372 e. The standard InChI is InChI=1S/C20H29N/c1-5-7-8-9-10-11-12-13-19-14-16-20(17-15-19)21(4)18(3)6-2/h5,9-10,12-18H,1,6-8,11H2,2-4H3/b10-9-,13-12+. The minimum absolute atomic E-state index is 0.576. The molecule has 0 aliphatic rings. The molecule has 1 atom stereocenters. The molecule has 1 heteroatoms. The normalized spacial score (nSPS) is 12.9. The second-order valence-electron chi connectivity index (χ2n) is 5.44. The number of rotatable bonds is 9. The smallest absolute Gasteiger partial charge is 0.0366 e. The molecule has 0 amide bonds. The Kier molecular flexibility index (Phi) is 8.27. The first kappa shape index (κ1) is 17.3. The molecule has 0 radical (unpaired) electrons. The fourth-order valence-corrected chi connectivity index (χ4v) is 2.06.